The Hall–Kier alpha value is -3.68. The lowest BCUT2D eigenvalue weighted by atomic mass is 9.89. The normalized spacial score (nSPS) is 18.7. The number of hydrogen-bond donors (Lipinski definition) is 1. The Morgan fingerprint density at radius 1 is 1.19 bits per heavy atom. The number of aromatic nitrogens is 5. The van der Waals surface area contributed by atoms with Crippen LogP contribution in [0.5, 0.6) is 0 Å². The Morgan fingerprint density at radius 3 is 2.71 bits per heavy atom. The van der Waals surface area contributed by atoms with E-state index in [1.165, 1.54) is 29.3 Å². The van der Waals surface area contributed by atoms with Gasteiger partial charge in [0.2, 0.25) is 5.91 Å². The highest BCUT2D eigenvalue weighted by Crippen LogP contribution is 2.61. The highest BCUT2D eigenvalue weighted by Gasteiger charge is 2.63. The van der Waals surface area contributed by atoms with Crippen molar-refractivity contribution in [2.75, 3.05) is 23.3 Å². The molecule has 0 aromatic carbocycles. The van der Waals surface area contributed by atoms with E-state index in [1.54, 1.807) is 11.0 Å². The Bertz CT molecular complexity index is 1200. The number of carbonyl (C=O) groups is 1. The number of piperidine rings is 1. The van der Waals surface area contributed by atoms with Gasteiger partial charge >= 0.3 is 0 Å². The molecule has 11 heteroatoms. The molecule has 0 radical (unpaired) electrons. The van der Waals surface area contributed by atoms with Gasteiger partial charge in [0.05, 0.1) is 24.5 Å². The van der Waals surface area contributed by atoms with E-state index in [2.05, 4.69) is 25.4 Å². The van der Waals surface area contributed by atoms with Crippen LogP contribution in [0.3, 0.4) is 0 Å². The highest BCUT2D eigenvalue weighted by molar-refractivity contribution is 5.90. The van der Waals surface area contributed by atoms with Crippen LogP contribution >= 0.6 is 0 Å². The minimum Gasteiger partial charge on any atom is -0.349 e. The van der Waals surface area contributed by atoms with Crippen LogP contribution in [0.15, 0.2) is 30.7 Å². The fraction of sp³-hybridized carbons (Fsp3) is 0.400. The smallest absolute Gasteiger partial charge is 0.270 e. The molecule has 1 aliphatic carbocycles. The van der Waals surface area contributed by atoms with Crippen molar-refractivity contribution in [1.29, 1.82) is 5.26 Å². The first-order chi connectivity index (χ1) is 14.9. The number of anilines is 2. The molecule has 5 rings (SSSR count). The number of halogens is 2. The van der Waals surface area contributed by atoms with E-state index in [-0.39, 0.29) is 13.1 Å². The van der Waals surface area contributed by atoms with E-state index in [0.717, 1.165) is 0 Å². The van der Waals surface area contributed by atoms with Gasteiger partial charge in [-0.3, -0.25) is 4.79 Å². The molecule has 1 N–H and O–H groups in total. The molecule has 1 spiro atoms. The summed E-state index contributed by atoms with van der Waals surface area (Å²) in [6.07, 6.45) is 5.89. The number of alkyl halides is 2. The molecule has 31 heavy (non-hydrogen) atoms. The first kappa shape index (κ1) is 19.3. The molecule has 1 aliphatic heterocycles. The zero-order valence-corrected chi connectivity index (χ0v) is 16.4. The van der Waals surface area contributed by atoms with Gasteiger partial charge in [-0.25, -0.2) is 28.4 Å². The summed E-state index contributed by atoms with van der Waals surface area (Å²) in [5, 5.41) is 15.6. The van der Waals surface area contributed by atoms with Crippen LogP contribution in [0.25, 0.3) is 11.2 Å². The molecule has 9 nitrogen and oxygen atoms in total. The van der Waals surface area contributed by atoms with Crippen molar-refractivity contribution in [2.24, 2.45) is 5.41 Å². The number of nitrogens with zero attached hydrogens (tertiary/aromatic N) is 7. The van der Waals surface area contributed by atoms with Crippen LogP contribution in [-0.2, 0) is 11.3 Å². The van der Waals surface area contributed by atoms with Gasteiger partial charge in [0.15, 0.2) is 5.65 Å². The maximum absolute atomic E-state index is 14.6. The Kier molecular flexibility index (Phi) is 4.32. The van der Waals surface area contributed by atoms with Crippen molar-refractivity contribution in [3.8, 4) is 6.07 Å². The Labute approximate surface area is 175 Å². The number of nitriles is 1. The van der Waals surface area contributed by atoms with Crippen LogP contribution in [0.1, 0.15) is 24.8 Å². The van der Waals surface area contributed by atoms with E-state index < -0.39 is 17.2 Å². The molecule has 3 aromatic rings. The first-order valence-electron chi connectivity index (χ1n) is 9.87. The molecule has 0 unspecified atom stereocenters. The van der Waals surface area contributed by atoms with E-state index in [1.807, 2.05) is 6.07 Å². The van der Waals surface area contributed by atoms with Crippen molar-refractivity contribution in [2.45, 2.75) is 31.7 Å². The van der Waals surface area contributed by atoms with Gasteiger partial charge in [-0.1, -0.05) is 0 Å². The highest BCUT2D eigenvalue weighted by atomic mass is 19.3. The standard InChI is InChI=1S/C20H18F2N8O/c21-20(22)12-29(6-5-19(20)3-4-19)16-10-24-14-9-26-30(18(14)28-16)11-17(31)27-15-2-1-13(7-23)8-25-15/h1-2,8-10H,3-6,11-12H2,(H,25,27,31). The molecule has 3 aromatic heterocycles. The average Bonchev–Trinajstić information content (AvgIpc) is 3.46. The van der Waals surface area contributed by atoms with E-state index >= 15 is 0 Å². The summed E-state index contributed by atoms with van der Waals surface area (Å²) in [5.41, 5.74) is 0.362. The molecular weight excluding hydrogens is 406 g/mol. The van der Waals surface area contributed by atoms with Crippen molar-refractivity contribution in [3.63, 3.8) is 0 Å². The van der Waals surface area contributed by atoms with Crippen molar-refractivity contribution >= 4 is 28.7 Å². The summed E-state index contributed by atoms with van der Waals surface area (Å²) < 4.78 is 30.5. The zero-order chi connectivity index (χ0) is 21.6. The third-order valence-corrected chi connectivity index (χ3v) is 5.99. The zero-order valence-electron chi connectivity index (χ0n) is 16.4. The molecule has 0 bridgehead atoms. The van der Waals surface area contributed by atoms with Crippen LogP contribution in [0.4, 0.5) is 20.4 Å². The molecule has 1 amide bonds. The maximum atomic E-state index is 14.6. The summed E-state index contributed by atoms with van der Waals surface area (Å²) in [6.45, 7) is -0.0382. The lowest BCUT2D eigenvalue weighted by Gasteiger charge is -2.39. The lowest BCUT2D eigenvalue weighted by molar-refractivity contribution is -0.116. The van der Waals surface area contributed by atoms with Crippen LogP contribution in [0, 0.1) is 16.7 Å². The number of carbonyl (C=O) groups excluding carboxylic acids is 1. The van der Waals surface area contributed by atoms with Gasteiger partial charge in [-0.2, -0.15) is 10.4 Å². The molecule has 0 atom stereocenters. The number of nitrogens with one attached hydrogen (secondary N) is 1. The number of hydrogen-bond acceptors (Lipinski definition) is 7. The topological polar surface area (TPSA) is 113 Å². The molecule has 2 fully saturated rings. The van der Waals surface area contributed by atoms with Gasteiger partial charge in [0, 0.05) is 18.2 Å². The monoisotopic (exact) mass is 424 g/mol. The van der Waals surface area contributed by atoms with Gasteiger partial charge in [0.1, 0.15) is 29.8 Å². The second-order valence-corrected chi connectivity index (χ2v) is 7.99. The summed E-state index contributed by atoms with van der Waals surface area (Å²) >= 11 is 0. The molecule has 2 aliphatic rings. The van der Waals surface area contributed by atoms with Crippen LogP contribution in [0.2, 0.25) is 0 Å². The maximum Gasteiger partial charge on any atom is 0.270 e. The third-order valence-electron chi connectivity index (χ3n) is 5.99. The minimum atomic E-state index is -2.75. The number of rotatable bonds is 4. The molecule has 4 heterocycles. The summed E-state index contributed by atoms with van der Waals surface area (Å²) in [4.78, 5) is 26.7. The Morgan fingerprint density at radius 2 is 2.03 bits per heavy atom. The van der Waals surface area contributed by atoms with Gasteiger partial charge in [0.25, 0.3) is 5.92 Å². The summed E-state index contributed by atoms with van der Waals surface area (Å²) in [6, 6.07) is 5.03. The van der Waals surface area contributed by atoms with Crippen molar-refractivity contribution in [1.82, 2.24) is 24.7 Å². The van der Waals surface area contributed by atoms with E-state index in [9.17, 15) is 13.6 Å². The van der Waals surface area contributed by atoms with Gasteiger partial charge in [-0.15, -0.1) is 0 Å². The summed E-state index contributed by atoms with van der Waals surface area (Å²) in [7, 11) is 0. The SMILES string of the molecule is N#Cc1ccc(NC(=O)Cn2ncc3ncc(N4CCC5(CC5)C(F)(F)C4)nc32)nc1. The quantitative estimate of drug-likeness (QED) is 0.684. The Balaban J connectivity index is 1.33. The van der Waals surface area contributed by atoms with Gasteiger partial charge < -0.3 is 10.2 Å². The predicted octanol–water partition coefficient (Wildman–Crippen LogP) is 2.36. The number of amides is 1. The van der Waals surface area contributed by atoms with Crippen molar-refractivity contribution in [3.05, 3.63) is 36.3 Å². The predicted molar refractivity (Wildman–Crippen MR) is 106 cm³/mol. The fourth-order valence-electron chi connectivity index (χ4n) is 3.94. The van der Waals surface area contributed by atoms with Crippen LogP contribution in [-0.4, -0.2) is 49.7 Å². The lowest BCUT2D eigenvalue weighted by Crippen LogP contribution is -2.50. The molecular formula is C20H18F2N8O. The number of fused-ring (bicyclic) bond motifs is 1. The third kappa shape index (κ3) is 3.43. The fourth-order valence-corrected chi connectivity index (χ4v) is 3.94. The van der Waals surface area contributed by atoms with E-state index in [0.29, 0.717) is 54.2 Å². The molecule has 158 valence electrons. The number of pyridine rings is 1. The second-order valence-electron chi connectivity index (χ2n) is 7.99. The first-order valence-corrected chi connectivity index (χ1v) is 9.87. The average molecular weight is 424 g/mol. The van der Waals surface area contributed by atoms with Crippen molar-refractivity contribution < 1.29 is 13.6 Å². The molecule has 1 saturated heterocycles. The largest absolute Gasteiger partial charge is 0.349 e. The molecule has 1 saturated carbocycles. The summed E-state index contributed by atoms with van der Waals surface area (Å²) in [5.74, 6) is -2.50. The van der Waals surface area contributed by atoms with Crippen LogP contribution < -0.4 is 10.2 Å². The minimum absolute atomic E-state index is 0.150. The van der Waals surface area contributed by atoms with Gasteiger partial charge in [-0.05, 0) is 31.4 Å². The van der Waals surface area contributed by atoms with E-state index in [4.69, 9.17) is 5.26 Å². The second kappa shape index (κ2) is 6.94.